The molecule has 0 aliphatic rings. The lowest BCUT2D eigenvalue weighted by atomic mass is 10.1. The third kappa shape index (κ3) is 5.87. The molecule has 0 saturated heterocycles. The van der Waals surface area contributed by atoms with Crippen molar-refractivity contribution in [3.8, 4) is 16.9 Å². The van der Waals surface area contributed by atoms with E-state index in [1.807, 2.05) is 56.4 Å². The number of nitrogens with one attached hydrogen (secondary N) is 2. The van der Waals surface area contributed by atoms with Gasteiger partial charge in [-0.05, 0) is 18.7 Å². The molecular formula is C19H25ClN2O2. The number of carbonyl (C=O) groups is 1. The number of rotatable bonds is 8. The van der Waals surface area contributed by atoms with Crippen LogP contribution in [0.5, 0.6) is 5.75 Å². The van der Waals surface area contributed by atoms with Crippen molar-refractivity contribution in [3.63, 3.8) is 0 Å². The Morgan fingerprint density at radius 3 is 2.46 bits per heavy atom. The molecule has 1 unspecified atom stereocenters. The summed E-state index contributed by atoms with van der Waals surface area (Å²) in [6, 6.07) is 18.1. The van der Waals surface area contributed by atoms with E-state index in [1.54, 1.807) is 0 Å². The Hall–Kier alpha value is -2.04. The van der Waals surface area contributed by atoms with Gasteiger partial charge in [0.1, 0.15) is 12.4 Å². The number of ether oxygens (including phenoxy) is 1. The Morgan fingerprint density at radius 1 is 1.08 bits per heavy atom. The topological polar surface area (TPSA) is 50.4 Å². The van der Waals surface area contributed by atoms with Gasteiger partial charge in [0.15, 0.2) is 0 Å². The molecule has 0 radical (unpaired) electrons. The molecule has 0 spiro atoms. The molecule has 2 rings (SSSR count). The normalized spacial score (nSPS) is 11.2. The minimum atomic E-state index is -0.0448. The van der Waals surface area contributed by atoms with Gasteiger partial charge in [0, 0.05) is 18.0 Å². The van der Waals surface area contributed by atoms with Crippen LogP contribution in [-0.2, 0) is 4.79 Å². The van der Waals surface area contributed by atoms with Crippen LogP contribution in [0.25, 0.3) is 11.1 Å². The quantitative estimate of drug-likeness (QED) is 0.721. The van der Waals surface area contributed by atoms with Gasteiger partial charge in [-0.25, -0.2) is 0 Å². The molecular weight excluding hydrogens is 324 g/mol. The summed E-state index contributed by atoms with van der Waals surface area (Å²) in [5.74, 6) is 0.826. The first-order valence-corrected chi connectivity index (χ1v) is 7.92. The maximum absolute atomic E-state index is 11.8. The van der Waals surface area contributed by atoms with Gasteiger partial charge in [0.25, 0.3) is 0 Å². The minimum Gasteiger partial charge on any atom is -0.491 e. The van der Waals surface area contributed by atoms with Gasteiger partial charge >= 0.3 is 0 Å². The van der Waals surface area contributed by atoms with Crippen molar-refractivity contribution < 1.29 is 9.53 Å². The number of hydrogen-bond acceptors (Lipinski definition) is 3. The molecule has 0 bridgehead atoms. The maximum Gasteiger partial charge on any atom is 0.224 e. The zero-order chi connectivity index (χ0) is 16.5. The standard InChI is InChI=1S/C19H24N2O2.ClH/c1-15(14-20-2)19(22)21-12-13-23-18-11-7-6-10-17(18)16-8-4-3-5-9-16;/h3-11,15,20H,12-14H2,1-2H3,(H,21,22);1H. The van der Waals surface area contributed by atoms with E-state index in [9.17, 15) is 4.79 Å². The van der Waals surface area contributed by atoms with Crippen LogP contribution in [0.15, 0.2) is 54.6 Å². The van der Waals surface area contributed by atoms with Gasteiger partial charge in [-0.3, -0.25) is 4.79 Å². The zero-order valence-corrected chi connectivity index (χ0v) is 14.9. The molecule has 2 aromatic carbocycles. The van der Waals surface area contributed by atoms with Crippen molar-refractivity contribution >= 4 is 18.3 Å². The Morgan fingerprint density at radius 2 is 1.75 bits per heavy atom. The highest BCUT2D eigenvalue weighted by Crippen LogP contribution is 2.29. The van der Waals surface area contributed by atoms with E-state index >= 15 is 0 Å². The Bertz CT molecular complexity index is 620. The van der Waals surface area contributed by atoms with Crippen molar-refractivity contribution in [2.24, 2.45) is 5.92 Å². The third-order valence-corrected chi connectivity index (χ3v) is 3.59. The van der Waals surface area contributed by atoms with Crippen LogP contribution in [0.4, 0.5) is 0 Å². The Balaban J connectivity index is 0.00000288. The third-order valence-electron chi connectivity index (χ3n) is 3.59. The van der Waals surface area contributed by atoms with E-state index in [-0.39, 0.29) is 24.2 Å². The van der Waals surface area contributed by atoms with Gasteiger partial charge in [0.05, 0.1) is 6.54 Å². The second kappa shape index (κ2) is 10.7. The first-order chi connectivity index (χ1) is 11.2. The number of carbonyl (C=O) groups excluding carboxylic acids is 1. The number of para-hydroxylation sites is 1. The van der Waals surface area contributed by atoms with Crippen LogP contribution in [0, 0.1) is 5.92 Å². The lowest BCUT2D eigenvalue weighted by Crippen LogP contribution is -2.36. The maximum atomic E-state index is 11.8. The summed E-state index contributed by atoms with van der Waals surface area (Å²) in [5, 5.41) is 5.89. The summed E-state index contributed by atoms with van der Waals surface area (Å²) < 4.78 is 5.85. The lowest BCUT2D eigenvalue weighted by molar-refractivity contribution is -0.124. The molecule has 24 heavy (non-hydrogen) atoms. The van der Waals surface area contributed by atoms with Crippen molar-refractivity contribution in [1.82, 2.24) is 10.6 Å². The summed E-state index contributed by atoms with van der Waals surface area (Å²) in [6.45, 7) is 3.51. The first kappa shape index (κ1) is 20.0. The largest absolute Gasteiger partial charge is 0.491 e. The molecule has 2 aromatic rings. The molecule has 130 valence electrons. The molecule has 5 heteroatoms. The summed E-state index contributed by atoms with van der Waals surface area (Å²) in [5.41, 5.74) is 2.18. The van der Waals surface area contributed by atoms with Crippen molar-refractivity contribution in [2.75, 3.05) is 26.7 Å². The molecule has 4 nitrogen and oxygen atoms in total. The number of amides is 1. The van der Waals surface area contributed by atoms with Crippen LogP contribution in [0.1, 0.15) is 6.92 Å². The Kier molecular flexibility index (Phi) is 8.90. The molecule has 0 fully saturated rings. The van der Waals surface area contributed by atoms with Crippen LogP contribution in [0.3, 0.4) is 0 Å². The average Bonchev–Trinajstić information content (AvgIpc) is 2.60. The predicted molar refractivity (Wildman–Crippen MR) is 101 cm³/mol. The number of hydrogen-bond donors (Lipinski definition) is 2. The molecule has 0 aromatic heterocycles. The molecule has 0 saturated carbocycles. The van der Waals surface area contributed by atoms with Gasteiger partial charge < -0.3 is 15.4 Å². The van der Waals surface area contributed by atoms with Gasteiger partial charge in [0.2, 0.25) is 5.91 Å². The number of benzene rings is 2. The van der Waals surface area contributed by atoms with Gasteiger partial charge in [-0.1, -0.05) is 55.5 Å². The fourth-order valence-electron chi connectivity index (χ4n) is 2.36. The highest BCUT2D eigenvalue weighted by atomic mass is 35.5. The smallest absolute Gasteiger partial charge is 0.224 e. The molecule has 0 aliphatic carbocycles. The summed E-state index contributed by atoms with van der Waals surface area (Å²) in [6.07, 6.45) is 0. The molecule has 1 amide bonds. The molecule has 0 aliphatic heterocycles. The van der Waals surface area contributed by atoms with Gasteiger partial charge in [-0.2, -0.15) is 0 Å². The van der Waals surface area contributed by atoms with Crippen LogP contribution in [0.2, 0.25) is 0 Å². The number of halogens is 1. The second-order valence-electron chi connectivity index (χ2n) is 5.46. The fourth-order valence-corrected chi connectivity index (χ4v) is 2.36. The van der Waals surface area contributed by atoms with E-state index in [0.29, 0.717) is 19.7 Å². The van der Waals surface area contributed by atoms with Crippen molar-refractivity contribution in [3.05, 3.63) is 54.6 Å². The molecule has 1 atom stereocenters. The Labute approximate surface area is 150 Å². The lowest BCUT2D eigenvalue weighted by Gasteiger charge is -2.14. The van der Waals surface area contributed by atoms with E-state index in [0.717, 1.165) is 16.9 Å². The van der Waals surface area contributed by atoms with Gasteiger partial charge in [-0.15, -0.1) is 12.4 Å². The van der Waals surface area contributed by atoms with Crippen LogP contribution < -0.4 is 15.4 Å². The summed E-state index contributed by atoms with van der Waals surface area (Å²) in [7, 11) is 1.84. The predicted octanol–water partition coefficient (Wildman–Crippen LogP) is 3.13. The summed E-state index contributed by atoms with van der Waals surface area (Å²) in [4.78, 5) is 11.8. The first-order valence-electron chi connectivity index (χ1n) is 7.92. The van der Waals surface area contributed by atoms with E-state index in [1.165, 1.54) is 0 Å². The monoisotopic (exact) mass is 348 g/mol. The van der Waals surface area contributed by atoms with E-state index in [4.69, 9.17) is 4.74 Å². The highest BCUT2D eigenvalue weighted by molar-refractivity contribution is 5.85. The van der Waals surface area contributed by atoms with Crippen LogP contribution in [-0.4, -0.2) is 32.7 Å². The fraction of sp³-hybridized carbons (Fsp3) is 0.316. The van der Waals surface area contributed by atoms with Crippen molar-refractivity contribution in [1.29, 1.82) is 0 Å². The van der Waals surface area contributed by atoms with Crippen LogP contribution >= 0.6 is 12.4 Å². The minimum absolute atomic E-state index is 0. The molecule has 2 N–H and O–H groups in total. The summed E-state index contributed by atoms with van der Waals surface area (Å²) >= 11 is 0. The average molecular weight is 349 g/mol. The zero-order valence-electron chi connectivity index (χ0n) is 14.1. The second-order valence-corrected chi connectivity index (χ2v) is 5.46. The molecule has 0 heterocycles. The van der Waals surface area contributed by atoms with Crippen molar-refractivity contribution in [2.45, 2.75) is 6.92 Å². The van der Waals surface area contributed by atoms with E-state index < -0.39 is 0 Å². The van der Waals surface area contributed by atoms with E-state index in [2.05, 4.69) is 22.8 Å². The highest BCUT2D eigenvalue weighted by Gasteiger charge is 2.11. The SMILES string of the molecule is CNCC(C)C(=O)NCCOc1ccccc1-c1ccccc1.Cl.